The van der Waals surface area contributed by atoms with Crippen molar-refractivity contribution in [1.82, 2.24) is 4.90 Å². The van der Waals surface area contributed by atoms with E-state index in [0.29, 0.717) is 19.1 Å². The monoisotopic (exact) mass is 201 g/mol. The number of amides is 1. The van der Waals surface area contributed by atoms with Crippen molar-refractivity contribution in [2.45, 2.75) is 13.3 Å². The molecule has 1 aliphatic heterocycles. The van der Waals surface area contributed by atoms with E-state index >= 15 is 0 Å². The average Bonchev–Trinajstić information content (AvgIpc) is 2.52. The van der Waals surface area contributed by atoms with Gasteiger partial charge in [-0.25, -0.2) is 4.79 Å². The van der Waals surface area contributed by atoms with E-state index in [-0.39, 0.29) is 12.5 Å². The second-order valence-electron chi connectivity index (χ2n) is 3.53. The lowest BCUT2D eigenvalue weighted by atomic mass is 10.1. The fraction of sp³-hybridized carbons (Fsp3) is 0.778. The Balaban J connectivity index is 2.16. The summed E-state index contributed by atoms with van der Waals surface area (Å²) in [7, 11) is 0. The first-order valence-electron chi connectivity index (χ1n) is 4.64. The first-order valence-corrected chi connectivity index (χ1v) is 4.64. The Morgan fingerprint density at radius 1 is 1.57 bits per heavy atom. The van der Waals surface area contributed by atoms with Crippen LogP contribution in [0.1, 0.15) is 13.3 Å². The predicted octanol–water partition coefficient (Wildman–Crippen LogP) is -0.0440. The number of carbonyl (C=O) groups excluding carboxylic acids is 1. The maximum absolute atomic E-state index is 11.0. The molecule has 5 heteroatoms. The predicted molar refractivity (Wildman–Crippen MR) is 48.8 cm³/mol. The third-order valence-corrected chi connectivity index (χ3v) is 2.31. The standard InChI is InChI=1S/C9H15NO4/c1-7(11)10-3-2-8(4-10)5-14-6-9(12)13/h8H,2-6H2,1H3,(H,12,13)/t8-/m0/s1. The van der Waals surface area contributed by atoms with Crippen molar-refractivity contribution in [2.75, 3.05) is 26.3 Å². The molecule has 0 radical (unpaired) electrons. The molecule has 1 rings (SSSR count). The molecular formula is C9H15NO4. The van der Waals surface area contributed by atoms with Crippen LogP contribution in [0.3, 0.4) is 0 Å². The number of carbonyl (C=O) groups is 2. The molecule has 0 unspecified atom stereocenters. The summed E-state index contributed by atoms with van der Waals surface area (Å²) in [5, 5.41) is 8.34. The number of hydrogen-bond donors (Lipinski definition) is 1. The van der Waals surface area contributed by atoms with Crippen LogP contribution in [0.2, 0.25) is 0 Å². The zero-order valence-corrected chi connectivity index (χ0v) is 8.23. The van der Waals surface area contributed by atoms with Gasteiger partial charge in [-0.3, -0.25) is 4.79 Å². The highest BCUT2D eigenvalue weighted by Gasteiger charge is 2.24. The van der Waals surface area contributed by atoms with Crippen molar-refractivity contribution >= 4 is 11.9 Å². The Bertz CT molecular complexity index is 229. The lowest BCUT2D eigenvalue weighted by Crippen LogP contribution is -2.26. The van der Waals surface area contributed by atoms with Crippen LogP contribution in [0.25, 0.3) is 0 Å². The van der Waals surface area contributed by atoms with E-state index in [9.17, 15) is 9.59 Å². The fourth-order valence-electron chi connectivity index (χ4n) is 1.57. The summed E-state index contributed by atoms with van der Waals surface area (Å²) in [6.07, 6.45) is 0.902. The molecule has 1 N–H and O–H groups in total. The van der Waals surface area contributed by atoms with Gasteiger partial charge in [-0.2, -0.15) is 0 Å². The summed E-state index contributed by atoms with van der Waals surface area (Å²) >= 11 is 0. The summed E-state index contributed by atoms with van der Waals surface area (Å²) < 4.78 is 4.97. The van der Waals surface area contributed by atoms with E-state index in [0.717, 1.165) is 13.0 Å². The van der Waals surface area contributed by atoms with Gasteiger partial charge in [-0.15, -0.1) is 0 Å². The van der Waals surface area contributed by atoms with Gasteiger partial charge in [0.25, 0.3) is 0 Å². The zero-order chi connectivity index (χ0) is 10.6. The highest BCUT2D eigenvalue weighted by molar-refractivity contribution is 5.73. The van der Waals surface area contributed by atoms with Crippen molar-refractivity contribution < 1.29 is 19.4 Å². The topological polar surface area (TPSA) is 66.8 Å². The first kappa shape index (κ1) is 11.0. The fourth-order valence-corrected chi connectivity index (χ4v) is 1.57. The summed E-state index contributed by atoms with van der Waals surface area (Å²) in [5.41, 5.74) is 0. The maximum atomic E-state index is 11.0. The molecule has 1 fully saturated rings. The molecule has 1 aliphatic rings. The van der Waals surface area contributed by atoms with Crippen LogP contribution in [0.5, 0.6) is 0 Å². The lowest BCUT2D eigenvalue weighted by molar-refractivity contribution is -0.142. The van der Waals surface area contributed by atoms with Crippen molar-refractivity contribution in [3.05, 3.63) is 0 Å². The number of likely N-dealkylation sites (tertiary alicyclic amines) is 1. The van der Waals surface area contributed by atoms with Gasteiger partial charge in [-0.05, 0) is 6.42 Å². The van der Waals surface area contributed by atoms with E-state index in [1.165, 1.54) is 0 Å². The number of carboxylic acid groups (broad SMARTS) is 1. The van der Waals surface area contributed by atoms with Crippen molar-refractivity contribution in [1.29, 1.82) is 0 Å². The number of ether oxygens (including phenoxy) is 1. The van der Waals surface area contributed by atoms with Crippen molar-refractivity contribution in [3.8, 4) is 0 Å². The Morgan fingerprint density at radius 2 is 2.29 bits per heavy atom. The van der Waals surface area contributed by atoms with E-state index in [1.54, 1.807) is 11.8 Å². The molecule has 0 aromatic carbocycles. The van der Waals surface area contributed by atoms with Crippen LogP contribution in [-0.2, 0) is 14.3 Å². The van der Waals surface area contributed by atoms with Gasteiger partial charge in [0.2, 0.25) is 5.91 Å². The Labute approximate surface area is 82.6 Å². The molecule has 1 saturated heterocycles. The summed E-state index contributed by atoms with van der Waals surface area (Å²) in [4.78, 5) is 22.9. The van der Waals surface area contributed by atoms with Gasteiger partial charge in [0, 0.05) is 25.9 Å². The Kier molecular flexibility index (Phi) is 3.88. The number of nitrogens with zero attached hydrogens (tertiary/aromatic N) is 1. The van der Waals surface area contributed by atoms with Gasteiger partial charge >= 0.3 is 5.97 Å². The molecule has 1 amide bonds. The van der Waals surface area contributed by atoms with Crippen LogP contribution in [0.15, 0.2) is 0 Å². The van der Waals surface area contributed by atoms with E-state index in [1.807, 2.05) is 0 Å². The number of rotatable bonds is 4. The molecule has 0 saturated carbocycles. The highest BCUT2D eigenvalue weighted by Crippen LogP contribution is 2.16. The van der Waals surface area contributed by atoms with Crippen LogP contribution in [0.4, 0.5) is 0 Å². The highest BCUT2D eigenvalue weighted by atomic mass is 16.5. The van der Waals surface area contributed by atoms with Gasteiger partial charge < -0.3 is 14.7 Å². The Hall–Kier alpha value is -1.10. The number of aliphatic carboxylic acids is 1. The van der Waals surface area contributed by atoms with E-state index < -0.39 is 5.97 Å². The van der Waals surface area contributed by atoms with Crippen molar-refractivity contribution in [3.63, 3.8) is 0 Å². The van der Waals surface area contributed by atoms with E-state index in [2.05, 4.69) is 0 Å². The molecule has 1 atom stereocenters. The molecular weight excluding hydrogens is 186 g/mol. The zero-order valence-electron chi connectivity index (χ0n) is 8.23. The first-order chi connectivity index (χ1) is 6.59. The molecule has 5 nitrogen and oxygen atoms in total. The molecule has 0 aromatic rings. The molecule has 80 valence electrons. The minimum atomic E-state index is -0.952. The van der Waals surface area contributed by atoms with Crippen LogP contribution < -0.4 is 0 Å². The SMILES string of the molecule is CC(=O)N1CC[C@H](COCC(=O)O)C1. The molecule has 14 heavy (non-hydrogen) atoms. The Morgan fingerprint density at radius 3 is 2.79 bits per heavy atom. The number of hydrogen-bond acceptors (Lipinski definition) is 3. The normalized spacial score (nSPS) is 21.2. The number of carboxylic acids is 1. The van der Waals surface area contributed by atoms with Crippen LogP contribution in [0, 0.1) is 5.92 Å². The third kappa shape index (κ3) is 3.33. The molecule has 0 aliphatic carbocycles. The van der Waals surface area contributed by atoms with Crippen LogP contribution >= 0.6 is 0 Å². The minimum Gasteiger partial charge on any atom is -0.480 e. The third-order valence-electron chi connectivity index (χ3n) is 2.31. The van der Waals surface area contributed by atoms with Gasteiger partial charge in [-0.1, -0.05) is 0 Å². The quantitative estimate of drug-likeness (QED) is 0.692. The van der Waals surface area contributed by atoms with E-state index in [4.69, 9.17) is 9.84 Å². The summed E-state index contributed by atoms with van der Waals surface area (Å²) in [5.74, 6) is -0.588. The smallest absolute Gasteiger partial charge is 0.329 e. The molecule has 1 heterocycles. The largest absolute Gasteiger partial charge is 0.480 e. The molecule has 0 spiro atoms. The lowest BCUT2D eigenvalue weighted by Gasteiger charge is -2.13. The average molecular weight is 201 g/mol. The summed E-state index contributed by atoms with van der Waals surface area (Å²) in [6, 6.07) is 0. The van der Waals surface area contributed by atoms with Gasteiger partial charge in [0.1, 0.15) is 6.61 Å². The second kappa shape index (κ2) is 4.95. The molecule has 0 aromatic heterocycles. The van der Waals surface area contributed by atoms with Crippen molar-refractivity contribution in [2.24, 2.45) is 5.92 Å². The molecule has 0 bridgehead atoms. The van der Waals surface area contributed by atoms with Gasteiger partial charge in [0.15, 0.2) is 0 Å². The minimum absolute atomic E-state index is 0.0748. The van der Waals surface area contributed by atoms with Crippen LogP contribution in [-0.4, -0.2) is 48.2 Å². The maximum Gasteiger partial charge on any atom is 0.329 e. The summed E-state index contributed by atoms with van der Waals surface area (Å²) in [6.45, 7) is 3.17. The second-order valence-corrected chi connectivity index (χ2v) is 3.53. The van der Waals surface area contributed by atoms with Gasteiger partial charge in [0.05, 0.1) is 6.61 Å².